The van der Waals surface area contributed by atoms with Gasteiger partial charge in [-0.3, -0.25) is 0 Å². The highest BCUT2D eigenvalue weighted by Gasteiger charge is 2.25. The van der Waals surface area contributed by atoms with Crippen molar-refractivity contribution in [3.8, 4) is 6.07 Å². The third-order valence-electron chi connectivity index (χ3n) is 3.15. The van der Waals surface area contributed by atoms with Crippen LogP contribution in [-0.4, -0.2) is 12.1 Å². The Hall–Kier alpha value is -1.82. The zero-order chi connectivity index (χ0) is 12.3. The summed E-state index contributed by atoms with van der Waals surface area (Å²) in [7, 11) is 0. The number of ether oxygens (including phenoxy) is 1. The van der Waals surface area contributed by atoms with Crippen molar-refractivity contribution >= 4 is 5.97 Å². The van der Waals surface area contributed by atoms with Crippen molar-refractivity contribution in [2.24, 2.45) is 5.92 Å². The van der Waals surface area contributed by atoms with Crippen LogP contribution in [0.25, 0.3) is 0 Å². The SMILES string of the molecule is CC1CCC(OC(=O)c2cccc(C#N)c2)C1. The van der Waals surface area contributed by atoms with Crippen LogP contribution in [0.15, 0.2) is 24.3 Å². The van der Waals surface area contributed by atoms with E-state index >= 15 is 0 Å². The molecule has 0 N–H and O–H groups in total. The molecule has 0 aliphatic heterocycles. The highest BCUT2D eigenvalue weighted by atomic mass is 16.5. The molecule has 2 unspecified atom stereocenters. The summed E-state index contributed by atoms with van der Waals surface area (Å²) >= 11 is 0. The molecule has 88 valence electrons. The van der Waals surface area contributed by atoms with Crippen molar-refractivity contribution in [1.29, 1.82) is 5.26 Å². The van der Waals surface area contributed by atoms with Gasteiger partial charge in [0, 0.05) is 0 Å². The number of benzene rings is 1. The Balaban J connectivity index is 2.02. The number of carbonyl (C=O) groups is 1. The van der Waals surface area contributed by atoms with E-state index in [2.05, 4.69) is 6.92 Å². The van der Waals surface area contributed by atoms with E-state index in [-0.39, 0.29) is 12.1 Å². The number of hydrogen-bond acceptors (Lipinski definition) is 3. The van der Waals surface area contributed by atoms with Crippen LogP contribution < -0.4 is 0 Å². The lowest BCUT2D eigenvalue weighted by Crippen LogP contribution is -2.15. The third kappa shape index (κ3) is 2.85. The molecule has 0 radical (unpaired) electrons. The maximum absolute atomic E-state index is 11.8. The minimum Gasteiger partial charge on any atom is -0.459 e. The fraction of sp³-hybridized carbons (Fsp3) is 0.429. The van der Waals surface area contributed by atoms with E-state index < -0.39 is 0 Å². The largest absolute Gasteiger partial charge is 0.459 e. The Morgan fingerprint density at radius 2 is 2.29 bits per heavy atom. The van der Waals surface area contributed by atoms with E-state index in [1.807, 2.05) is 6.07 Å². The zero-order valence-electron chi connectivity index (χ0n) is 9.85. The van der Waals surface area contributed by atoms with Crippen molar-refractivity contribution in [2.45, 2.75) is 32.3 Å². The average molecular weight is 229 g/mol. The minimum absolute atomic E-state index is 0.0447. The highest BCUT2D eigenvalue weighted by Crippen LogP contribution is 2.27. The Morgan fingerprint density at radius 1 is 1.47 bits per heavy atom. The van der Waals surface area contributed by atoms with Gasteiger partial charge < -0.3 is 4.74 Å². The van der Waals surface area contributed by atoms with Gasteiger partial charge in [-0.05, 0) is 43.4 Å². The second-order valence-corrected chi connectivity index (χ2v) is 4.64. The maximum atomic E-state index is 11.8. The molecule has 1 aromatic carbocycles. The molecule has 0 heterocycles. The number of nitriles is 1. The van der Waals surface area contributed by atoms with E-state index in [4.69, 9.17) is 10.00 Å². The summed E-state index contributed by atoms with van der Waals surface area (Å²) in [6, 6.07) is 8.64. The predicted molar refractivity (Wildman–Crippen MR) is 63.4 cm³/mol. The zero-order valence-corrected chi connectivity index (χ0v) is 9.85. The van der Waals surface area contributed by atoms with Crippen LogP contribution in [0.2, 0.25) is 0 Å². The summed E-state index contributed by atoms with van der Waals surface area (Å²) < 4.78 is 5.42. The van der Waals surface area contributed by atoms with Gasteiger partial charge in [0.15, 0.2) is 0 Å². The molecule has 3 nitrogen and oxygen atoms in total. The Morgan fingerprint density at radius 3 is 2.94 bits per heavy atom. The molecule has 0 spiro atoms. The summed E-state index contributed by atoms with van der Waals surface area (Å²) in [6.07, 6.45) is 3.06. The molecule has 17 heavy (non-hydrogen) atoms. The van der Waals surface area contributed by atoms with E-state index in [1.165, 1.54) is 0 Å². The van der Waals surface area contributed by atoms with Crippen LogP contribution >= 0.6 is 0 Å². The lowest BCUT2D eigenvalue weighted by molar-refractivity contribution is 0.0311. The summed E-state index contributed by atoms with van der Waals surface area (Å²) in [4.78, 5) is 11.8. The first-order chi connectivity index (χ1) is 8.19. The van der Waals surface area contributed by atoms with Gasteiger partial charge in [-0.15, -0.1) is 0 Å². The lowest BCUT2D eigenvalue weighted by Gasteiger charge is -2.11. The summed E-state index contributed by atoms with van der Waals surface area (Å²) in [5.74, 6) is 0.319. The smallest absolute Gasteiger partial charge is 0.338 e. The predicted octanol–water partition coefficient (Wildman–Crippen LogP) is 2.90. The van der Waals surface area contributed by atoms with Gasteiger partial charge in [0.05, 0.1) is 17.2 Å². The number of hydrogen-bond donors (Lipinski definition) is 0. The second kappa shape index (κ2) is 5.01. The van der Waals surface area contributed by atoms with Crippen LogP contribution in [0, 0.1) is 17.2 Å². The lowest BCUT2D eigenvalue weighted by atomic mass is 10.1. The van der Waals surface area contributed by atoms with Crippen molar-refractivity contribution in [3.63, 3.8) is 0 Å². The van der Waals surface area contributed by atoms with E-state index in [0.29, 0.717) is 17.0 Å². The average Bonchev–Trinajstić information content (AvgIpc) is 2.75. The normalized spacial score (nSPS) is 23.1. The monoisotopic (exact) mass is 229 g/mol. The van der Waals surface area contributed by atoms with Gasteiger partial charge in [-0.2, -0.15) is 5.26 Å². The number of rotatable bonds is 2. The van der Waals surface area contributed by atoms with E-state index in [0.717, 1.165) is 19.3 Å². The van der Waals surface area contributed by atoms with Crippen LogP contribution in [0.4, 0.5) is 0 Å². The standard InChI is InChI=1S/C14H15NO2/c1-10-5-6-13(7-10)17-14(16)12-4-2-3-11(8-12)9-15/h2-4,8,10,13H,5-7H2,1H3. The van der Waals surface area contributed by atoms with Crippen molar-refractivity contribution in [2.75, 3.05) is 0 Å². The molecule has 0 aromatic heterocycles. The fourth-order valence-electron chi connectivity index (χ4n) is 2.20. The molecule has 0 amide bonds. The number of nitrogens with zero attached hydrogens (tertiary/aromatic N) is 1. The Kier molecular flexibility index (Phi) is 3.43. The molecule has 0 saturated heterocycles. The first-order valence-corrected chi connectivity index (χ1v) is 5.90. The van der Waals surface area contributed by atoms with Crippen molar-refractivity contribution in [1.82, 2.24) is 0 Å². The van der Waals surface area contributed by atoms with Gasteiger partial charge in [-0.25, -0.2) is 4.79 Å². The van der Waals surface area contributed by atoms with E-state index in [1.54, 1.807) is 24.3 Å². The molecule has 2 atom stereocenters. The fourth-order valence-corrected chi connectivity index (χ4v) is 2.20. The first-order valence-electron chi connectivity index (χ1n) is 5.90. The van der Waals surface area contributed by atoms with E-state index in [9.17, 15) is 4.79 Å². The molecule has 1 aliphatic carbocycles. The van der Waals surface area contributed by atoms with Gasteiger partial charge in [0.1, 0.15) is 6.10 Å². The van der Waals surface area contributed by atoms with Gasteiger partial charge in [-0.1, -0.05) is 13.0 Å². The van der Waals surface area contributed by atoms with Gasteiger partial charge >= 0.3 is 5.97 Å². The quantitative estimate of drug-likeness (QED) is 0.732. The molecule has 1 aromatic rings. The highest BCUT2D eigenvalue weighted by molar-refractivity contribution is 5.89. The first kappa shape index (κ1) is 11.7. The minimum atomic E-state index is -0.318. The summed E-state index contributed by atoms with van der Waals surface area (Å²) in [6.45, 7) is 2.17. The molecule has 1 fully saturated rings. The molecule has 3 heteroatoms. The van der Waals surface area contributed by atoms with Crippen LogP contribution in [0.5, 0.6) is 0 Å². The number of carbonyl (C=O) groups excluding carboxylic acids is 1. The molecule has 0 bridgehead atoms. The van der Waals surface area contributed by atoms with Crippen LogP contribution in [0.1, 0.15) is 42.1 Å². The van der Waals surface area contributed by atoms with Gasteiger partial charge in [0.2, 0.25) is 0 Å². The molecular weight excluding hydrogens is 214 g/mol. The Bertz CT molecular complexity index is 462. The molecular formula is C14H15NO2. The Labute approximate surface area is 101 Å². The summed E-state index contributed by atoms with van der Waals surface area (Å²) in [5, 5.41) is 8.76. The molecule has 2 rings (SSSR count). The van der Waals surface area contributed by atoms with Crippen LogP contribution in [-0.2, 0) is 4.74 Å². The topological polar surface area (TPSA) is 50.1 Å². The third-order valence-corrected chi connectivity index (χ3v) is 3.15. The van der Waals surface area contributed by atoms with Crippen LogP contribution in [0.3, 0.4) is 0 Å². The molecule has 1 saturated carbocycles. The van der Waals surface area contributed by atoms with Gasteiger partial charge in [0.25, 0.3) is 0 Å². The van der Waals surface area contributed by atoms with Crippen molar-refractivity contribution < 1.29 is 9.53 Å². The molecule has 1 aliphatic rings. The second-order valence-electron chi connectivity index (χ2n) is 4.64. The number of esters is 1. The maximum Gasteiger partial charge on any atom is 0.338 e. The van der Waals surface area contributed by atoms with Crippen molar-refractivity contribution in [3.05, 3.63) is 35.4 Å². The summed E-state index contributed by atoms with van der Waals surface area (Å²) in [5.41, 5.74) is 0.947.